The smallest absolute Gasteiger partial charge is 0.298 e. The first-order chi connectivity index (χ1) is 9.19. The summed E-state index contributed by atoms with van der Waals surface area (Å²) in [5.41, 5.74) is 1.82. The zero-order chi connectivity index (χ0) is 13.4. The minimum atomic E-state index is -0.453. The molecule has 1 fully saturated rings. The van der Waals surface area contributed by atoms with Crippen molar-refractivity contribution in [3.8, 4) is 0 Å². The van der Waals surface area contributed by atoms with Gasteiger partial charge in [0.2, 0.25) is 5.91 Å². The summed E-state index contributed by atoms with van der Waals surface area (Å²) >= 11 is 0. The second-order valence-corrected chi connectivity index (χ2v) is 4.19. The average Bonchev–Trinajstić information content (AvgIpc) is 2.81. The SMILES string of the molecule is O=Cc1ccc2c(N3CCC(=O)NC3=O)cnn2c1. The van der Waals surface area contributed by atoms with Crippen LogP contribution in [0.15, 0.2) is 24.5 Å². The maximum atomic E-state index is 11.8. The number of hydrogen-bond donors (Lipinski definition) is 1. The van der Waals surface area contributed by atoms with E-state index in [0.717, 1.165) is 6.29 Å². The first-order valence-electron chi connectivity index (χ1n) is 5.73. The monoisotopic (exact) mass is 258 g/mol. The van der Waals surface area contributed by atoms with Crippen LogP contribution in [0, 0.1) is 0 Å². The second-order valence-electron chi connectivity index (χ2n) is 4.19. The number of nitrogens with zero attached hydrogens (tertiary/aromatic N) is 3. The molecule has 3 amide bonds. The van der Waals surface area contributed by atoms with Crippen molar-refractivity contribution in [3.05, 3.63) is 30.1 Å². The third-order valence-corrected chi connectivity index (χ3v) is 3.00. The summed E-state index contributed by atoms with van der Waals surface area (Å²) in [6, 6.07) is 2.92. The summed E-state index contributed by atoms with van der Waals surface area (Å²) in [6.07, 6.45) is 4.11. The number of imide groups is 1. The summed E-state index contributed by atoms with van der Waals surface area (Å²) in [6.45, 7) is 0.321. The molecule has 7 nitrogen and oxygen atoms in total. The fourth-order valence-electron chi connectivity index (χ4n) is 2.06. The van der Waals surface area contributed by atoms with Crippen molar-refractivity contribution in [1.82, 2.24) is 14.9 Å². The van der Waals surface area contributed by atoms with Crippen molar-refractivity contribution >= 4 is 29.4 Å². The van der Waals surface area contributed by atoms with E-state index in [1.54, 1.807) is 24.5 Å². The second kappa shape index (κ2) is 4.20. The Balaban J connectivity index is 2.03. The van der Waals surface area contributed by atoms with Crippen LogP contribution >= 0.6 is 0 Å². The zero-order valence-corrected chi connectivity index (χ0v) is 9.87. The number of hydrogen-bond acceptors (Lipinski definition) is 4. The first-order valence-corrected chi connectivity index (χ1v) is 5.73. The van der Waals surface area contributed by atoms with Crippen molar-refractivity contribution in [3.63, 3.8) is 0 Å². The molecule has 0 aliphatic carbocycles. The molecule has 0 unspecified atom stereocenters. The minimum Gasteiger partial charge on any atom is -0.298 e. The molecule has 1 aliphatic heterocycles. The summed E-state index contributed by atoms with van der Waals surface area (Å²) in [4.78, 5) is 35.0. The Morgan fingerprint density at radius 1 is 1.32 bits per heavy atom. The maximum absolute atomic E-state index is 11.8. The standard InChI is InChI=1S/C12H10N4O3/c17-7-8-1-2-9-10(5-13-16(9)6-8)15-4-3-11(18)14-12(15)19/h1-2,5-7H,3-4H2,(H,14,18,19). The average molecular weight is 258 g/mol. The van der Waals surface area contributed by atoms with Crippen molar-refractivity contribution in [2.45, 2.75) is 6.42 Å². The molecule has 7 heteroatoms. The summed E-state index contributed by atoms with van der Waals surface area (Å²) in [5, 5.41) is 6.37. The van der Waals surface area contributed by atoms with Gasteiger partial charge in [-0.05, 0) is 12.1 Å². The molecule has 0 bridgehead atoms. The highest BCUT2D eigenvalue weighted by Gasteiger charge is 2.26. The van der Waals surface area contributed by atoms with Gasteiger partial charge in [0.1, 0.15) is 0 Å². The van der Waals surface area contributed by atoms with Gasteiger partial charge in [-0.25, -0.2) is 9.31 Å². The number of aldehydes is 1. The number of amides is 3. The van der Waals surface area contributed by atoms with Gasteiger partial charge in [0.05, 0.1) is 17.4 Å². The number of carbonyl (C=O) groups excluding carboxylic acids is 3. The van der Waals surface area contributed by atoms with Crippen molar-refractivity contribution in [2.75, 3.05) is 11.4 Å². The largest absolute Gasteiger partial charge is 0.328 e. The fraction of sp³-hybridized carbons (Fsp3) is 0.167. The van der Waals surface area contributed by atoms with Crippen LogP contribution in [0.3, 0.4) is 0 Å². The molecule has 0 radical (unpaired) electrons. The lowest BCUT2D eigenvalue weighted by Gasteiger charge is -2.25. The van der Waals surface area contributed by atoms with Crippen LogP contribution in [0.1, 0.15) is 16.8 Å². The van der Waals surface area contributed by atoms with Gasteiger partial charge in [-0.3, -0.25) is 19.8 Å². The van der Waals surface area contributed by atoms with Crippen molar-refractivity contribution in [1.29, 1.82) is 0 Å². The molecule has 96 valence electrons. The normalized spacial score (nSPS) is 15.7. The Hall–Kier alpha value is -2.70. The lowest BCUT2D eigenvalue weighted by Crippen LogP contribution is -2.49. The van der Waals surface area contributed by atoms with E-state index in [1.165, 1.54) is 9.42 Å². The van der Waals surface area contributed by atoms with Gasteiger partial charge in [-0.2, -0.15) is 5.10 Å². The zero-order valence-electron chi connectivity index (χ0n) is 9.87. The quantitative estimate of drug-likeness (QED) is 0.799. The molecule has 1 aliphatic rings. The van der Waals surface area contributed by atoms with Crippen LogP contribution in [-0.2, 0) is 4.79 Å². The van der Waals surface area contributed by atoms with E-state index in [0.29, 0.717) is 23.3 Å². The van der Waals surface area contributed by atoms with Gasteiger partial charge in [-0.1, -0.05) is 0 Å². The summed E-state index contributed by atoms with van der Waals surface area (Å²) in [7, 11) is 0. The molecule has 1 N–H and O–H groups in total. The molecule has 2 aromatic rings. The van der Waals surface area contributed by atoms with Crippen LogP contribution in [0.5, 0.6) is 0 Å². The predicted molar refractivity (Wildman–Crippen MR) is 66.1 cm³/mol. The minimum absolute atomic E-state index is 0.259. The maximum Gasteiger partial charge on any atom is 0.328 e. The number of urea groups is 1. The molecular weight excluding hydrogens is 248 g/mol. The van der Waals surface area contributed by atoms with E-state index in [4.69, 9.17) is 0 Å². The molecule has 0 saturated carbocycles. The fourth-order valence-corrected chi connectivity index (χ4v) is 2.06. The number of aromatic nitrogens is 2. The molecule has 0 aromatic carbocycles. The van der Waals surface area contributed by atoms with Crippen LogP contribution < -0.4 is 10.2 Å². The number of nitrogens with one attached hydrogen (secondary N) is 1. The number of rotatable bonds is 2. The predicted octanol–water partition coefficient (Wildman–Crippen LogP) is 0.593. The molecular formula is C12H10N4O3. The molecule has 0 spiro atoms. The number of anilines is 1. The number of pyridine rings is 1. The molecule has 2 aromatic heterocycles. The third-order valence-electron chi connectivity index (χ3n) is 3.00. The number of carbonyl (C=O) groups is 3. The lowest BCUT2D eigenvalue weighted by molar-refractivity contribution is -0.120. The van der Waals surface area contributed by atoms with E-state index < -0.39 is 6.03 Å². The third kappa shape index (κ3) is 1.85. The Morgan fingerprint density at radius 3 is 2.89 bits per heavy atom. The topological polar surface area (TPSA) is 83.8 Å². The van der Waals surface area contributed by atoms with Crippen LogP contribution in [0.2, 0.25) is 0 Å². The molecule has 3 rings (SSSR count). The highest BCUT2D eigenvalue weighted by atomic mass is 16.2. The van der Waals surface area contributed by atoms with E-state index in [1.807, 2.05) is 0 Å². The molecule has 19 heavy (non-hydrogen) atoms. The van der Waals surface area contributed by atoms with Crippen LogP contribution in [-0.4, -0.2) is 34.4 Å². The highest BCUT2D eigenvalue weighted by Crippen LogP contribution is 2.23. The first kappa shape index (κ1) is 11.4. The van der Waals surface area contributed by atoms with Crippen LogP contribution in [0.25, 0.3) is 5.52 Å². The van der Waals surface area contributed by atoms with E-state index >= 15 is 0 Å². The number of fused-ring (bicyclic) bond motifs is 1. The van der Waals surface area contributed by atoms with Gasteiger partial charge < -0.3 is 0 Å². The van der Waals surface area contributed by atoms with Gasteiger partial charge in [0.15, 0.2) is 6.29 Å². The Morgan fingerprint density at radius 2 is 2.16 bits per heavy atom. The van der Waals surface area contributed by atoms with Gasteiger partial charge in [0, 0.05) is 24.7 Å². The molecule has 0 atom stereocenters. The van der Waals surface area contributed by atoms with E-state index in [9.17, 15) is 14.4 Å². The van der Waals surface area contributed by atoms with Crippen molar-refractivity contribution < 1.29 is 14.4 Å². The Bertz CT molecular complexity index is 691. The van der Waals surface area contributed by atoms with Gasteiger partial charge >= 0.3 is 6.03 Å². The molecule has 3 heterocycles. The summed E-state index contributed by atoms with van der Waals surface area (Å²) < 4.78 is 1.53. The van der Waals surface area contributed by atoms with E-state index in [-0.39, 0.29) is 12.3 Å². The summed E-state index contributed by atoms with van der Waals surface area (Å²) in [5.74, 6) is -0.277. The van der Waals surface area contributed by atoms with Crippen LogP contribution in [0.4, 0.5) is 10.5 Å². The highest BCUT2D eigenvalue weighted by molar-refractivity contribution is 6.07. The lowest BCUT2D eigenvalue weighted by atomic mass is 10.2. The van der Waals surface area contributed by atoms with Crippen molar-refractivity contribution in [2.24, 2.45) is 0 Å². The Labute approximate surface area is 107 Å². The Kier molecular flexibility index (Phi) is 2.52. The van der Waals surface area contributed by atoms with Gasteiger partial charge in [0.25, 0.3) is 0 Å². The molecule has 1 saturated heterocycles. The van der Waals surface area contributed by atoms with E-state index in [2.05, 4.69) is 10.4 Å². The van der Waals surface area contributed by atoms with Gasteiger partial charge in [-0.15, -0.1) is 0 Å².